The minimum Gasteiger partial charge on any atom is -0.395 e. The molecule has 1 aliphatic rings. The van der Waals surface area contributed by atoms with Gasteiger partial charge in [-0.1, -0.05) is 20.8 Å². The summed E-state index contributed by atoms with van der Waals surface area (Å²) in [6, 6.07) is 0.315. The van der Waals surface area contributed by atoms with Crippen molar-refractivity contribution in [1.82, 2.24) is 10.2 Å². The topological polar surface area (TPSA) is 61.8 Å². The second kappa shape index (κ2) is 8.51. The van der Waals surface area contributed by atoms with Crippen LogP contribution in [0.5, 0.6) is 0 Å². The lowest BCUT2D eigenvalue weighted by atomic mass is 9.99. The zero-order valence-electron chi connectivity index (χ0n) is 12.4. The maximum Gasteiger partial charge on any atom is 0.230 e. The second-order valence-corrected chi connectivity index (χ2v) is 5.03. The number of aliphatic hydroxyl groups is 1. The third-order valence-corrected chi connectivity index (χ3v) is 3.87. The van der Waals surface area contributed by atoms with Crippen LogP contribution in [0.15, 0.2) is 0 Å². The summed E-state index contributed by atoms with van der Waals surface area (Å²) in [6.45, 7) is 8.55. The number of nitrogens with one attached hydrogen (secondary N) is 1. The van der Waals surface area contributed by atoms with Crippen LogP contribution in [0, 0.1) is 5.92 Å². The summed E-state index contributed by atoms with van der Waals surface area (Å²) in [5.74, 6) is -0.00157. The minimum atomic E-state index is -0.118. The Morgan fingerprint density at radius 2 is 2.05 bits per heavy atom. The lowest BCUT2D eigenvalue weighted by Gasteiger charge is -2.33. The Bertz CT molecular complexity index is 269. The predicted octanol–water partition coefficient (Wildman–Crippen LogP) is 0.620. The Labute approximate surface area is 116 Å². The summed E-state index contributed by atoms with van der Waals surface area (Å²) < 4.78 is 5.45. The first-order chi connectivity index (χ1) is 9.19. The summed E-state index contributed by atoms with van der Waals surface area (Å²) in [6.07, 6.45) is 1.84. The van der Waals surface area contributed by atoms with Crippen LogP contribution >= 0.6 is 0 Å². The summed E-state index contributed by atoms with van der Waals surface area (Å²) in [4.78, 5) is 14.5. The van der Waals surface area contributed by atoms with E-state index in [-0.39, 0.29) is 30.5 Å². The van der Waals surface area contributed by atoms with Crippen LogP contribution in [0.2, 0.25) is 0 Å². The van der Waals surface area contributed by atoms with E-state index in [4.69, 9.17) is 4.74 Å². The summed E-state index contributed by atoms with van der Waals surface area (Å²) >= 11 is 0. The average molecular weight is 272 g/mol. The molecule has 0 saturated carbocycles. The molecule has 1 amide bonds. The Kier molecular flexibility index (Phi) is 7.34. The van der Waals surface area contributed by atoms with Crippen LogP contribution in [0.1, 0.15) is 33.6 Å². The summed E-state index contributed by atoms with van der Waals surface area (Å²) in [5, 5.41) is 12.5. The van der Waals surface area contributed by atoms with Gasteiger partial charge in [0.25, 0.3) is 0 Å². The minimum absolute atomic E-state index is 0.0156. The number of amides is 1. The normalized spacial score (nSPS) is 23.0. The van der Waals surface area contributed by atoms with Gasteiger partial charge in [-0.15, -0.1) is 0 Å². The molecule has 1 fully saturated rings. The van der Waals surface area contributed by atoms with Crippen molar-refractivity contribution in [3.63, 3.8) is 0 Å². The molecular weight excluding hydrogens is 244 g/mol. The van der Waals surface area contributed by atoms with Crippen LogP contribution in [0.25, 0.3) is 0 Å². The van der Waals surface area contributed by atoms with E-state index in [1.165, 1.54) is 0 Å². The van der Waals surface area contributed by atoms with E-state index in [1.54, 1.807) is 0 Å². The SMILES string of the molecule is CCNC1COCC1C(=O)N(CCO)C(CC)CC. The molecule has 5 nitrogen and oxygen atoms in total. The van der Waals surface area contributed by atoms with E-state index < -0.39 is 0 Å². The first-order valence-electron chi connectivity index (χ1n) is 7.41. The molecule has 0 aliphatic carbocycles. The van der Waals surface area contributed by atoms with Gasteiger partial charge in [-0.05, 0) is 19.4 Å². The maximum absolute atomic E-state index is 12.7. The lowest BCUT2D eigenvalue weighted by Crippen LogP contribution is -2.50. The molecule has 0 bridgehead atoms. The Hall–Kier alpha value is -0.650. The van der Waals surface area contributed by atoms with E-state index in [1.807, 2.05) is 11.8 Å². The number of carbonyl (C=O) groups is 1. The molecular formula is C14H28N2O3. The highest BCUT2D eigenvalue weighted by Crippen LogP contribution is 2.20. The van der Waals surface area contributed by atoms with E-state index in [0.29, 0.717) is 19.8 Å². The Morgan fingerprint density at radius 1 is 1.37 bits per heavy atom. The number of likely N-dealkylation sites (N-methyl/N-ethyl adjacent to an activating group) is 1. The number of rotatable bonds is 8. The van der Waals surface area contributed by atoms with Gasteiger partial charge in [0.1, 0.15) is 0 Å². The van der Waals surface area contributed by atoms with Gasteiger partial charge in [0, 0.05) is 18.6 Å². The van der Waals surface area contributed by atoms with E-state index in [2.05, 4.69) is 19.2 Å². The molecule has 2 atom stereocenters. The predicted molar refractivity (Wildman–Crippen MR) is 74.9 cm³/mol. The van der Waals surface area contributed by atoms with Gasteiger partial charge in [-0.25, -0.2) is 0 Å². The largest absolute Gasteiger partial charge is 0.395 e. The fourth-order valence-electron chi connectivity index (χ4n) is 2.78. The van der Waals surface area contributed by atoms with Gasteiger partial charge in [-0.3, -0.25) is 4.79 Å². The molecule has 0 aromatic carbocycles. The zero-order chi connectivity index (χ0) is 14.3. The lowest BCUT2D eigenvalue weighted by molar-refractivity contribution is -0.139. The van der Waals surface area contributed by atoms with Crippen molar-refractivity contribution in [1.29, 1.82) is 0 Å². The smallest absolute Gasteiger partial charge is 0.230 e. The van der Waals surface area contributed by atoms with Crippen molar-refractivity contribution >= 4 is 5.91 Å². The maximum atomic E-state index is 12.7. The molecule has 1 rings (SSSR count). The van der Waals surface area contributed by atoms with Crippen molar-refractivity contribution in [2.24, 2.45) is 5.92 Å². The van der Waals surface area contributed by atoms with E-state index in [0.717, 1.165) is 19.4 Å². The number of hydrogen-bond donors (Lipinski definition) is 2. The molecule has 0 aromatic rings. The quantitative estimate of drug-likeness (QED) is 0.680. The summed E-state index contributed by atoms with van der Waals surface area (Å²) in [7, 11) is 0. The molecule has 19 heavy (non-hydrogen) atoms. The number of ether oxygens (including phenoxy) is 1. The fourth-order valence-corrected chi connectivity index (χ4v) is 2.78. The molecule has 0 radical (unpaired) electrons. The van der Waals surface area contributed by atoms with Crippen molar-refractivity contribution in [2.45, 2.75) is 45.7 Å². The number of nitrogens with zero attached hydrogens (tertiary/aromatic N) is 1. The molecule has 0 aromatic heterocycles. The highest BCUT2D eigenvalue weighted by atomic mass is 16.5. The third-order valence-electron chi connectivity index (χ3n) is 3.87. The standard InChI is InChI=1S/C14H28N2O3/c1-4-11(5-2)16(7-8-17)14(18)12-9-19-10-13(12)15-6-3/h11-13,15,17H,4-10H2,1-3H3. The van der Waals surface area contributed by atoms with Gasteiger partial charge < -0.3 is 20.1 Å². The molecule has 2 unspecified atom stereocenters. The summed E-state index contributed by atoms with van der Waals surface area (Å²) in [5.41, 5.74) is 0. The second-order valence-electron chi connectivity index (χ2n) is 5.03. The van der Waals surface area contributed by atoms with Gasteiger partial charge in [-0.2, -0.15) is 0 Å². The zero-order valence-corrected chi connectivity index (χ0v) is 12.4. The van der Waals surface area contributed by atoms with Crippen molar-refractivity contribution < 1.29 is 14.6 Å². The fraction of sp³-hybridized carbons (Fsp3) is 0.929. The van der Waals surface area contributed by atoms with E-state index in [9.17, 15) is 9.90 Å². The van der Waals surface area contributed by atoms with Crippen molar-refractivity contribution in [3.05, 3.63) is 0 Å². The van der Waals surface area contributed by atoms with Crippen LogP contribution in [0.3, 0.4) is 0 Å². The van der Waals surface area contributed by atoms with Gasteiger partial charge in [0.05, 0.1) is 25.7 Å². The van der Waals surface area contributed by atoms with Gasteiger partial charge in [0.15, 0.2) is 0 Å². The molecule has 1 heterocycles. The molecule has 1 saturated heterocycles. The first-order valence-corrected chi connectivity index (χ1v) is 7.41. The monoisotopic (exact) mass is 272 g/mol. The van der Waals surface area contributed by atoms with Crippen LogP contribution in [-0.2, 0) is 9.53 Å². The Balaban J connectivity index is 2.74. The van der Waals surface area contributed by atoms with Crippen LogP contribution < -0.4 is 5.32 Å². The molecule has 0 spiro atoms. The number of aliphatic hydroxyl groups excluding tert-OH is 1. The number of hydrogen-bond acceptors (Lipinski definition) is 4. The Morgan fingerprint density at radius 3 is 2.58 bits per heavy atom. The molecule has 5 heteroatoms. The average Bonchev–Trinajstić information content (AvgIpc) is 2.87. The molecule has 1 aliphatic heterocycles. The molecule has 112 valence electrons. The van der Waals surface area contributed by atoms with Crippen LogP contribution in [0.4, 0.5) is 0 Å². The third kappa shape index (κ3) is 4.16. The molecule has 2 N–H and O–H groups in total. The van der Waals surface area contributed by atoms with Crippen molar-refractivity contribution in [2.75, 3.05) is 32.9 Å². The first kappa shape index (κ1) is 16.4. The van der Waals surface area contributed by atoms with Crippen molar-refractivity contribution in [3.8, 4) is 0 Å². The van der Waals surface area contributed by atoms with E-state index >= 15 is 0 Å². The number of carbonyl (C=O) groups excluding carboxylic acids is 1. The highest BCUT2D eigenvalue weighted by Gasteiger charge is 2.37. The van der Waals surface area contributed by atoms with Gasteiger partial charge in [0.2, 0.25) is 5.91 Å². The van der Waals surface area contributed by atoms with Gasteiger partial charge >= 0.3 is 0 Å². The van der Waals surface area contributed by atoms with Crippen LogP contribution in [-0.4, -0.2) is 60.9 Å². The highest BCUT2D eigenvalue weighted by molar-refractivity contribution is 5.80.